The molecule has 18 heavy (non-hydrogen) atoms. The Morgan fingerprint density at radius 1 is 1.56 bits per heavy atom. The lowest BCUT2D eigenvalue weighted by atomic mass is 9.93. The number of rotatable bonds is 2. The van der Waals surface area contributed by atoms with Gasteiger partial charge in [0.15, 0.2) is 5.13 Å². The van der Waals surface area contributed by atoms with Crippen LogP contribution in [0.3, 0.4) is 0 Å². The van der Waals surface area contributed by atoms with E-state index in [0.717, 1.165) is 5.69 Å². The first-order valence-electron chi connectivity index (χ1n) is 5.98. The third-order valence-electron chi connectivity index (χ3n) is 2.96. The van der Waals surface area contributed by atoms with Gasteiger partial charge in [-0.3, -0.25) is 4.79 Å². The zero-order valence-corrected chi connectivity index (χ0v) is 11.7. The van der Waals surface area contributed by atoms with E-state index in [2.05, 4.69) is 31.1 Å². The molecule has 6 heteroatoms. The number of carbonyl (C=O) groups excluding carboxylic acids is 1. The molecule has 2 rings (SSSR count). The molecule has 5 nitrogen and oxygen atoms in total. The fourth-order valence-electron chi connectivity index (χ4n) is 1.71. The molecule has 100 valence electrons. The van der Waals surface area contributed by atoms with E-state index in [1.165, 1.54) is 11.3 Å². The second-order valence-electron chi connectivity index (χ2n) is 5.58. The number of aromatic nitrogens is 1. The Balaban J connectivity index is 2.01. The highest BCUT2D eigenvalue weighted by Crippen LogP contribution is 2.26. The maximum Gasteiger partial charge on any atom is 0.233 e. The van der Waals surface area contributed by atoms with Gasteiger partial charge in [-0.1, -0.05) is 20.8 Å². The topological polar surface area (TPSA) is 77.2 Å². The van der Waals surface area contributed by atoms with Crippen molar-refractivity contribution in [1.82, 2.24) is 4.98 Å². The van der Waals surface area contributed by atoms with Crippen LogP contribution in [0, 0.1) is 5.92 Å². The minimum absolute atomic E-state index is 0.00759. The highest BCUT2D eigenvalue weighted by Gasteiger charge is 2.31. The van der Waals surface area contributed by atoms with Crippen LogP contribution in [0.5, 0.6) is 0 Å². The Bertz CT molecular complexity index is 439. The number of amides is 1. The fraction of sp³-hybridized carbons (Fsp3) is 0.667. The molecule has 1 aromatic heterocycles. The summed E-state index contributed by atoms with van der Waals surface area (Å²) in [5, 5.41) is 5.42. The summed E-state index contributed by atoms with van der Waals surface area (Å²) in [6, 6.07) is -0.216. The Morgan fingerprint density at radius 2 is 2.28 bits per heavy atom. The van der Waals surface area contributed by atoms with Crippen LogP contribution in [-0.4, -0.2) is 30.1 Å². The summed E-state index contributed by atoms with van der Waals surface area (Å²) in [6.07, 6.45) is 0. The molecule has 1 aliphatic heterocycles. The first kappa shape index (κ1) is 13.5. The van der Waals surface area contributed by atoms with E-state index in [4.69, 9.17) is 10.5 Å². The molecule has 1 aromatic rings. The molecular formula is C12H19N3O2S. The van der Waals surface area contributed by atoms with Crippen LogP contribution in [0.1, 0.15) is 26.5 Å². The first-order valence-corrected chi connectivity index (χ1v) is 6.86. The molecule has 3 N–H and O–H groups in total. The average Bonchev–Trinajstić information content (AvgIpc) is 2.85. The van der Waals surface area contributed by atoms with Crippen molar-refractivity contribution in [2.24, 2.45) is 11.7 Å². The molecule has 1 amide bonds. The molecule has 0 saturated carbocycles. The molecule has 2 unspecified atom stereocenters. The molecule has 1 saturated heterocycles. The van der Waals surface area contributed by atoms with Gasteiger partial charge in [-0.15, -0.1) is 11.3 Å². The number of nitrogens with zero attached hydrogens (tertiary/aromatic N) is 1. The normalized spacial score (nSPS) is 24.2. The van der Waals surface area contributed by atoms with Crippen molar-refractivity contribution in [3.05, 3.63) is 11.1 Å². The highest BCUT2D eigenvalue weighted by molar-refractivity contribution is 7.13. The van der Waals surface area contributed by atoms with Crippen molar-refractivity contribution in [1.29, 1.82) is 0 Å². The SMILES string of the molecule is CC(C)(C)c1csc(NC(=O)C2COCC2N)n1. The molecule has 1 fully saturated rings. The third kappa shape index (κ3) is 2.88. The van der Waals surface area contributed by atoms with Crippen LogP contribution in [0.25, 0.3) is 0 Å². The van der Waals surface area contributed by atoms with Gasteiger partial charge in [0.05, 0.1) is 24.8 Å². The number of hydrogen-bond acceptors (Lipinski definition) is 5. The second kappa shape index (κ2) is 4.95. The summed E-state index contributed by atoms with van der Waals surface area (Å²) in [4.78, 5) is 16.4. The lowest BCUT2D eigenvalue weighted by molar-refractivity contribution is -0.120. The van der Waals surface area contributed by atoms with Crippen LogP contribution in [0.4, 0.5) is 5.13 Å². The molecule has 2 atom stereocenters. The molecular weight excluding hydrogens is 250 g/mol. The number of nitrogens with two attached hydrogens (primary N) is 1. The molecule has 0 bridgehead atoms. The Kier molecular flexibility index (Phi) is 3.70. The van der Waals surface area contributed by atoms with Gasteiger partial charge in [0.25, 0.3) is 0 Å². The second-order valence-corrected chi connectivity index (χ2v) is 6.44. The number of hydrogen-bond donors (Lipinski definition) is 2. The smallest absolute Gasteiger partial charge is 0.233 e. The molecule has 1 aliphatic rings. The quantitative estimate of drug-likeness (QED) is 0.849. The average molecular weight is 269 g/mol. The summed E-state index contributed by atoms with van der Waals surface area (Å²) in [5.41, 5.74) is 6.78. The van der Waals surface area contributed by atoms with E-state index in [1.807, 2.05) is 5.38 Å². The predicted octanol–water partition coefficient (Wildman–Crippen LogP) is 1.35. The summed E-state index contributed by atoms with van der Waals surface area (Å²) in [6.45, 7) is 7.12. The summed E-state index contributed by atoms with van der Waals surface area (Å²) in [7, 11) is 0. The lowest BCUT2D eigenvalue weighted by Crippen LogP contribution is -2.37. The fourth-order valence-corrected chi connectivity index (χ4v) is 2.65. The standard InChI is InChI=1S/C12H19N3O2S/c1-12(2,3)9-6-18-11(14-9)15-10(16)7-4-17-5-8(7)13/h6-8H,4-5,13H2,1-3H3,(H,14,15,16). The van der Waals surface area contributed by atoms with Crippen LogP contribution in [0.2, 0.25) is 0 Å². The van der Waals surface area contributed by atoms with Gasteiger partial charge in [0.1, 0.15) is 0 Å². The maximum atomic E-state index is 12.0. The van der Waals surface area contributed by atoms with Crippen LogP contribution in [-0.2, 0) is 14.9 Å². The van der Waals surface area contributed by atoms with Gasteiger partial charge < -0.3 is 15.8 Å². The minimum Gasteiger partial charge on any atom is -0.379 e. The van der Waals surface area contributed by atoms with Crippen LogP contribution < -0.4 is 11.1 Å². The number of ether oxygens (including phenoxy) is 1. The monoisotopic (exact) mass is 269 g/mol. The Labute approximate surface area is 111 Å². The maximum absolute atomic E-state index is 12.0. The largest absolute Gasteiger partial charge is 0.379 e. The Hall–Kier alpha value is -0.980. The number of anilines is 1. The first-order chi connectivity index (χ1) is 8.38. The lowest BCUT2D eigenvalue weighted by Gasteiger charge is -2.14. The zero-order valence-electron chi connectivity index (χ0n) is 10.9. The van der Waals surface area contributed by atoms with E-state index in [-0.39, 0.29) is 23.3 Å². The molecule has 0 spiro atoms. The van der Waals surface area contributed by atoms with Crippen molar-refractivity contribution in [2.45, 2.75) is 32.2 Å². The minimum atomic E-state index is -0.271. The third-order valence-corrected chi connectivity index (χ3v) is 3.72. The van der Waals surface area contributed by atoms with Crippen LogP contribution in [0.15, 0.2) is 5.38 Å². The number of thiazole rings is 1. The van der Waals surface area contributed by atoms with Gasteiger partial charge in [-0.25, -0.2) is 4.98 Å². The van der Waals surface area contributed by atoms with E-state index in [9.17, 15) is 4.79 Å². The van der Waals surface area contributed by atoms with E-state index >= 15 is 0 Å². The zero-order chi connectivity index (χ0) is 13.3. The van der Waals surface area contributed by atoms with E-state index < -0.39 is 0 Å². The molecule has 0 aromatic carbocycles. The summed E-state index contributed by atoms with van der Waals surface area (Å²) in [5.74, 6) is -0.373. The van der Waals surface area contributed by atoms with Gasteiger partial charge in [0.2, 0.25) is 5.91 Å². The number of nitrogens with one attached hydrogen (secondary N) is 1. The van der Waals surface area contributed by atoms with Crippen molar-refractivity contribution < 1.29 is 9.53 Å². The molecule has 0 aliphatic carbocycles. The van der Waals surface area contributed by atoms with Gasteiger partial charge in [0, 0.05) is 16.8 Å². The predicted molar refractivity (Wildman–Crippen MR) is 71.7 cm³/mol. The highest BCUT2D eigenvalue weighted by atomic mass is 32.1. The van der Waals surface area contributed by atoms with Crippen LogP contribution >= 0.6 is 11.3 Å². The van der Waals surface area contributed by atoms with Crippen molar-refractivity contribution in [3.8, 4) is 0 Å². The van der Waals surface area contributed by atoms with Crippen molar-refractivity contribution >= 4 is 22.4 Å². The van der Waals surface area contributed by atoms with E-state index in [1.54, 1.807) is 0 Å². The summed E-state index contributed by atoms with van der Waals surface area (Å²) < 4.78 is 5.18. The summed E-state index contributed by atoms with van der Waals surface area (Å²) >= 11 is 1.44. The van der Waals surface area contributed by atoms with Crippen molar-refractivity contribution in [3.63, 3.8) is 0 Å². The molecule has 2 heterocycles. The van der Waals surface area contributed by atoms with Gasteiger partial charge in [-0.05, 0) is 0 Å². The van der Waals surface area contributed by atoms with Gasteiger partial charge >= 0.3 is 0 Å². The Morgan fingerprint density at radius 3 is 2.78 bits per heavy atom. The van der Waals surface area contributed by atoms with Gasteiger partial charge in [-0.2, -0.15) is 0 Å². The molecule has 0 radical (unpaired) electrons. The van der Waals surface area contributed by atoms with E-state index in [0.29, 0.717) is 18.3 Å². The number of carbonyl (C=O) groups is 1. The van der Waals surface area contributed by atoms with Crippen molar-refractivity contribution in [2.75, 3.05) is 18.5 Å².